The molecule has 0 aromatic heterocycles. The van der Waals surface area contributed by atoms with Gasteiger partial charge in [-0.2, -0.15) is 0 Å². The van der Waals surface area contributed by atoms with E-state index in [1.807, 2.05) is 18.2 Å². The van der Waals surface area contributed by atoms with Crippen LogP contribution in [0.1, 0.15) is 12.0 Å². The van der Waals surface area contributed by atoms with E-state index in [1.54, 1.807) is 0 Å². The summed E-state index contributed by atoms with van der Waals surface area (Å²) in [5.74, 6) is 1.55. The molecule has 0 spiro atoms. The predicted octanol–water partition coefficient (Wildman–Crippen LogP) is 0.343. The highest BCUT2D eigenvalue weighted by Crippen LogP contribution is 2.32. The number of nitrogens with one attached hydrogen (secondary N) is 2. The second-order valence-corrected chi connectivity index (χ2v) is 5.92. The monoisotopic (exact) mass is 335 g/mol. The van der Waals surface area contributed by atoms with Crippen LogP contribution in [0.3, 0.4) is 0 Å². The Balaban J connectivity index is 1.26. The minimum atomic E-state index is 0.0477. The summed E-state index contributed by atoms with van der Waals surface area (Å²) in [5.41, 5.74) is 1.01. The number of ether oxygens (including phenoxy) is 3. The molecule has 2 heterocycles. The first kappa shape index (κ1) is 17.0. The Hall–Kier alpha value is -1.83. The molecule has 0 radical (unpaired) electrons. The average molecular weight is 335 g/mol. The van der Waals surface area contributed by atoms with Gasteiger partial charge in [0, 0.05) is 45.7 Å². The standard InChI is InChI=1S/C17H25N3O4/c21-17(3-4-18-5-6-20-7-9-22-10-8-20)19-12-14-1-2-15-16(11-14)24-13-23-15/h1-2,11,18H,3-10,12-13H2,(H,19,21). The van der Waals surface area contributed by atoms with Crippen LogP contribution in [0, 0.1) is 0 Å². The molecule has 0 unspecified atom stereocenters. The van der Waals surface area contributed by atoms with Gasteiger partial charge in [-0.15, -0.1) is 0 Å². The summed E-state index contributed by atoms with van der Waals surface area (Å²) in [6.45, 7) is 7.00. The van der Waals surface area contributed by atoms with E-state index < -0.39 is 0 Å². The Bertz CT molecular complexity index is 547. The van der Waals surface area contributed by atoms with E-state index in [0.717, 1.165) is 56.5 Å². The molecule has 2 aliphatic rings. The van der Waals surface area contributed by atoms with Gasteiger partial charge in [-0.05, 0) is 17.7 Å². The Kier molecular flexibility index (Phi) is 6.28. The summed E-state index contributed by atoms with van der Waals surface area (Å²) in [7, 11) is 0. The van der Waals surface area contributed by atoms with Crippen molar-refractivity contribution in [2.75, 3.05) is 52.7 Å². The van der Waals surface area contributed by atoms with Gasteiger partial charge in [-0.1, -0.05) is 6.07 Å². The molecule has 1 aromatic rings. The number of benzene rings is 1. The van der Waals surface area contributed by atoms with Gasteiger partial charge in [0.15, 0.2) is 11.5 Å². The molecular weight excluding hydrogens is 310 g/mol. The minimum absolute atomic E-state index is 0.0477. The van der Waals surface area contributed by atoms with E-state index in [2.05, 4.69) is 15.5 Å². The van der Waals surface area contributed by atoms with Gasteiger partial charge in [-0.3, -0.25) is 9.69 Å². The van der Waals surface area contributed by atoms with Crippen LogP contribution in [0.2, 0.25) is 0 Å². The fourth-order valence-corrected chi connectivity index (χ4v) is 2.73. The fraction of sp³-hybridized carbons (Fsp3) is 0.588. The number of rotatable bonds is 8. The van der Waals surface area contributed by atoms with Gasteiger partial charge in [0.2, 0.25) is 12.7 Å². The summed E-state index contributed by atoms with van der Waals surface area (Å²) in [5, 5.41) is 6.24. The first-order valence-corrected chi connectivity index (χ1v) is 8.47. The van der Waals surface area contributed by atoms with E-state index >= 15 is 0 Å². The third kappa shape index (κ3) is 5.09. The normalized spacial score (nSPS) is 17.0. The molecule has 7 heteroatoms. The topological polar surface area (TPSA) is 72.1 Å². The summed E-state index contributed by atoms with van der Waals surface area (Å²) < 4.78 is 15.9. The molecule has 7 nitrogen and oxygen atoms in total. The maximum absolute atomic E-state index is 11.9. The van der Waals surface area contributed by atoms with Crippen molar-refractivity contribution in [3.63, 3.8) is 0 Å². The van der Waals surface area contributed by atoms with Crippen LogP contribution in [0.15, 0.2) is 18.2 Å². The highest BCUT2D eigenvalue weighted by molar-refractivity contribution is 5.76. The van der Waals surface area contributed by atoms with Crippen molar-refractivity contribution in [1.29, 1.82) is 0 Å². The SMILES string of the molecule is O=C(CCNCCN1CCOCC1)NCc1ccc2c(c1)OCO2. The van der Waals surface area contributed by atoms with E-state index in [-0.39, 0.29) is 12.7 Å². The molecule has 1 fully saturated rings. The van der Waals surface area contributed by atoms with Crippen molar-refractivity contribution in [3.8, 4) is 11.5 Å². The molecule has 1 amide bonds. The molecule has 0 atom stereocenters. The lowest BCUT2D eigenvalue weighted by atomic mass is 10.2. The first-order chi connectivity index (χ1) is 11.8. The van der Waals surface area contributed by atoms with Gasteiger partial charge in [0.25, 0.3) is 0 Å². The number of fused-ring (bicyclic) bond motifs is 1. The van der Waals surface area contributed by atoms with E-state index in [4.69, 9.17) is 14.2 Å². The van der Waals surface area contributed by atoms with Crippen LogP contribution in [-0.2, 0) is 16.1 Å². The minimum Gasteiger partial charge on any atom is -0.454 e. The van der Waals surface area contributed by atoms with Crippen LogP contribution < -0.4 is 20.1 Å². The van der Waals surface area contributed by atoms with E-state index in [0.29, 0.717) is 19.5 Å². The van der Waals surface area contributed by atoms with Crippen molar-refractivity contribution in [2.45, 2.75) is 13.0 Å². The average Bonchev–Trinajstić information content (AvgIpc) is 3.08. The number of carbonyl (C=O) groups excluding carboxylic acids is 1. The zero-order chi connectivity index (χ0) is 16.6. The number of carbonyl (C=O) groups is 1. The van der Waals surface area contributed by atoms with Crippen LogP contribution in [0.4, 0.5) is 0 Å². The summed E-state index contributed by atoms with van der Waals surface area (Å²) >= 11 is 0. The second-order valence-electron chi connectivity index (χ2n) is 5.92. The fourth-order valence-electron chi connectivity index (χ4n) is 2.73. The number of amides is 1. The molecule has 1 aromatic carbocycles. The van der Waals surface area contributed by atoms with Gasteiger partial charge >= 0.3 is 0 Å². The molecule has 24 heavy (non-hydrogen) atoms. The maximum Gasteiger partial charge on any atom is 0.231 e. The lowest BCUT2D eigenvalue weighted by Crippen LogP contribution is -2.40. The molecule has 3 rings (SSSR count). The lowest BCUT2D eigenvalue weighted by molar-refractivity contribution is -0.121. The summed E-state index contributed by atoms with van der Waals surface area (Å²) in [6.07, 6.45) is 0.480. The quantitative estimate of drug-likeness (QED) is 0.668. The molecule has 2 aliphatic heterocycles. The summed E-state index contributed by atoms with van der Waals surface area (Å²) in [4.78, 5) is 14.3. The first-order valence-electron chi connectivity index (χ1n) is 8.47. The van der Waals surface area contributed by atoms with Crippen LogP contribution in [0.25, 0.3) is 0 Å². The molecule has 2 N–H and O–H groups in total. The Morgan fingerprint density at radius 2 is 1.96 bits per heavy atom. The van der Waals surface area contributed by atoms with Crippen LogP contribution >= 0.6 is 0 Å². The molecule has 1 saturated heterocycles. The van der Waals surface area contributed by atoms with Crippen LogP contribution in [-0.4, -0.2) is 63.5 Å². The van der Waals surface area contributed by atoms with Crippen molar-refractivity contribution in [2.24, 2.45) is 0 Å². The van der Waals surface area contributed by atoms with Crippen molar-refractivity contribution < 1.29 is 19.0 Å². The largest absolute Gasteiger partial charge is 0.454 e. The Labute approximate surface area is 142 Å². The molecule has 0 bridgehead atoms. The maximum atomic E-state index is 11.9. The molecule has 0 saturated carbocycles. The highest BCUT2D eigenvalue weighted by Gasteiger charge is 2.13. The number of morpholine rings is 1. The smallest absolute Gasteiger partial charge is 0.231 e. The van der Waals surface area contributed by atoms with Gasteiger partial charge in [0.05, 0.1) is 13.2 Å². The van der Waals surface area contributed by atoms with Gasteiger partial charge in [-0.25, -0.2) is 0 Å². The van der Waals surface area contributed by atoms with Gasteiger partial charge < -0.3 is 24.8 Å². The zero-order valence-electron chi connectivity index (χ0n) is 13.9. The number of hydrogen-bond donors (Lipinski definition) is 2. The summed E-state index contributed by atoms with van der Waals surface area (Å²) in [6, 6.07) is 5.72. The Morgan fingerprint density at radius 1 is 1.12 bits per heavy atom. The second kappa shape index (κ2) is 8.86. The number of nitrogens with zero attached hydrogens (tertiary/aromatic N) is 1. The Morgan fingerprint density at radius 3 is 2.83 bits per heavy atom. The zero-order valence-corrected chi connectivity index (χ0v) is 13.9. The lowest BCUT2D eigenvalue weighted by Gasteiger charge is -2.26. The highest BCUT2D eigenvalue weighted by atomic mass is 16.7. The van der Waals surface area contributed by atoms with Crippen molar-refractivity contribution in [3.05, 3.63) is 23.8 Å². The molecular formula is C17H25N3O4. The third-order valence-corrected chi connectivity index (χ3v) is 4.16. The van der Waals surface area contributed by atoms with Crippen molar-refractivity contribution >= 4 is 5.91 Å². The van der Waals surface area contributed by atoms with Crippen molar-refractivity contribution in [1.82, 2.24) is 15.5 Å². The van der Waals surface area contributed by atoms with E-state index in [9.17, 15) is 4.79 Å². The van der Waals surface area contributed by atoms with Gasteiger partial charge in [0.1, 0.15) is 0 Å². The van der Waals surface area contributed by atoms with Crippen LogP contribution in [0.5, 0.6) is 11.5 Å². The van der Waals surface area contributed by atoms with E-state index in [1.165, 1.54) is 0 Å². The molecule has 132 valence electrons. The third-order valence-electron chi connectivity index (χ3n) is 4.16. The number of hydrogen-bond acceptors (Lipinski definition) is 6. The predicted molar refractivity (Wildman–Crippen MR) is 89.2 cm³/mol. The molecule has 0 aliphatic carbocycles.